The number of hydrogen-bond acceptors (Lipinski definition) is 6. The molecule has 0 spiro atoms. The molecule has 0 fully saturated rings. The van der Waals surface area contributed by atoms with Gasteiger partial charge in [-0.2, -0.15) is 0 Å². The van der Waals surface area contributed by atoms with Gasteiger partial charge in [0.1, 0.15) is 5.75 Å². The number of nitrogens with two attached hydrogens (primary N) is 1. The van der Waals surface area contributed by atoms with E-state index in [-0.39, 0.29) is 17.2 Å². The van der Waals surface area contributed by atoms with E-state index in [1.165, 1.54) is 18.2 Å². The molecule has 0 saturated carbocycles. The van der Waals surface area contributed by atoms with E-state index in [2.05, 4.69) is 0 Å². The smallest absolute Gasteiger partial charge is 0.249 e. The van der Waals surface area contributed by atoms with Crippen molar-refractivity contribution in [1.29, 1.82) is 0 Å². The van der Waals surface area contributed by atoms with Gasteiger partial charge in [0.15, 0.2) is 23.0 Å². The van der Waals surface area contributed by atoms with Gasteiger partial charge in [-0.3, -0.25) is 4.79 Å². The maximum atomic E-state index is 12.2. The minimum Gasteiger partial charge on any atom is -0.508 e. The highest BCUT2D eigenvalue weighted by Crippen LogP contribution is 2.42. The molecule has 0 bridgehead atoms. The Morgan fingerprint density at radius 2 is 1.56 bits per heavy atom. The summed E-state index contributed by atoms with van der Waals surface area (Å²) in [5.74, 6) is 0.152. The fraction of sp³-hybridized carbons (Fsp3) is 0.160. The van der Waals surface area contributed by atoms with Crippen molar-refractivity contribution in [3.05, 3.63) is 65.2 Å². The Hall–Kier alpha value is -4.13. The quantitative estimate of drug-likeness (QED) is 0.269. The zero-order valence-corrected chi connectivity index (χ0v) is 17.7. The second-order valence-electron chi connectivity index (χ2n) is 7.53. The zero-order valence-electron chi connectivity index (χ0n) is 17.7. The van der Waals surface area contributed by atoms with Crippen molar-refractivity contribution in [3.8, 4) is 28.7 Å². The number of carbonyl (C=O) groups excluding carboxylic acids is 1. The largest absolute Gasteiger partial charge is 0.508 e. The molecule has 32 heavy (non-hydrogen) atoms. The van der Waals surface area contributed by atoms with Crippen molar-refractivity contribution in [3.63, 3.8) is 0 Å². The van der Waals surface area contributed by atoms with E-state index in [4.69, 9.17) is 15.2 Å². The summed E-state index contributed by atoms with van der Waals surface area (Å²) in [7, 11) is 3.09. The number of hydrogen-bond donors (Lipinski definition) is 4. The van der Waals surface area contributed by atoms with E-state index in [0.29, 0.717) is 40.7 Å². The highest BCUT2D eigenvalue weighted by Gasteiger charge is 2.20. The molecule has 4 aromatic carbocycles. The molecule has 0 aromatic heterocycles. The van der Waals surface area contributed by atoms with Crippen LogP contribution in [-0.2, 0) is 12.8 Å². The molecular formula is C25H23NO6. The number of carbonyl (C=O) groups is 1. The number of fused-ring (bicyclic) bond motifs is 3. The Kier molecular flexibility index (Phi) is 5.40. The lowest BCUT2D eigenvalue weighted by Gasteiger charge is -2.18. The molecule has 7 heteroatoms. The Morgan fingerprint density at radius 1 is 0.812 bits per heavy atom. The first-order chi connectivity index (χ1) is 15.3. The molecule has 0 saturated heterocycles. The van der Waals surface area contributed by atoms with Crippen LogP contribution < -0.4 is 15.2 Å². The van der Waals surface area contributed by atoms with Crippen LogP contribution in [0, 0.1) is 0 Å². The number of rotatable bonds is 6. The van der Waals surface area contributed by atoms with Gasteiger partial charge in [-0.25, -0.2) is 0 Å². The Labute approximate surface area is 184 Å². The molecule has 0 atom stereocenters. The first-order valence-electron chi connectivity index (χ1n) is 9.98. The number of amides is 1. The predicted molar refractivity (Wildman–Crippen MR) is 122 cm³/mol. The van der Waals surface area contributed by atoms with E-state index in [0.717, 1.165) is 21.9 Å². The van der Waals surface area contributed by atoms with Crippen molar-refractivity contribution in [2.24, 2.45) is 5.73 Å². The minimum absolute atomic E-state index is 0.0660. The van der Waals surface area contributed by atoms with E-state index in [9.17, 15) is 20.1 Å². The van der Waals surface area contributed by atoms with Gasteiger partial charge in [0, 0.05) is 11.1 Å². The lowest BCUT2D eigenvalue weighted by atomic mass is 9.91. The summed E-state index contributed by atoms with van der Waals surface area (Å²) in [5.41, 5.74) is 7.61. The SMILES string of the molecule is COc1cc2c(cc(C(N)=O)c3ccc(O)cc32)c(CCc2ccc(O)c(O)c2)c1OC. The van der Waals surface area contributed by atoms with E-state index < -0.39 is 5.91 Å². The Bertz CT molecular complexity index is 1360. The molecule has 4 aromatic rings. The normalized spacial score (nSPS) is 11.1. The number of methoxy groups -OCH3 is 2. The Balaban J connectivity index is 1.99. The third kappa shape index (κ3) is 3.58. The number of phenolic OH excluding ortho intramolecular Hbond substituents is 3. The molecule has 7 nitrogen and oxygen atoms in total. The third-order valence-electron chi connectivity index (χ3n) is 5.65. The summed E-state index contributed by atoms with van der Waals surface area (Å²) >= 11 is 0. The zero-order chi connectivity index (χ0) is 23.0. The topological polar surface area (TPSA) is 122 Å². The molecule has 0 aliphatic rings. The summed E-state index contributed by atoms with van der Waals surface area (Å²) in [5, 5.41) is 32.3. The summed E-state index contributed by atoms with van der Waals surface area (Å²) in [6.45, 7) is 0. The first kappa shape index (κ1) is 21.1. The molecule has 0 heterocycles. The van der Waals surface area contributed by atoms with Gasteiger partial charge in [0.05, 0.1) is 14.2 Å². The van der Waals surface area contributed by atoms with E-state index in [1.54, 1.807) is 38.5 Å². The monoisotopic (exact) mass is 433 g/mol. The van der Waals surface area contributed by atoms with Crippen molar-refractivity contribution in [2.45, 2.75) is 12.8 Å². The maximum absolute atomic E-state index is 12.2. The fourth-order valence-electron chi connectivity index (χ4n) is 4.13. The molecular weight excluding hydrogens is 410 g/mol. The van der Waals surface area contributed by atoms with Crippen LogP contribution in [0.25, 0.3) is 21.5 Å². The van der Waals surface area contributed by atoms with Gasteiger partial charge >= 0.3 is 0 Å². The van der Waals surface area contributed by atoms with Crippen molar-refractivity contribution in [2.75, 3.05) is 14.2 Å². The van der Waals surface area contributed by atoms with Crippen molar-refractivity contribution < 1.29 is 29.6 Å². The van der Waals surface area contributed by atoms with Gasteiger partial charge in [0.25, 0.3) is 0 Å². The number of aromatic hydroxyl groups is 3. The molecule has 0 unspecified atom stereocenters. The fourth-order valence-corrected chi connectivity index (χ4v) is 4.13. The first-order valence-corrected chi connectivity index (χ1v) is 9.98. The van der Waals surface area contributed by atoms with Gasteiger partial charge in [0.2, 0.25) is 5.91 Å². The number of ether oxygens (including phenoxy) is 2. The second-order valence-corrected chi connectivity index (χ2v) is 7.53. The lowest BCUT2D eigenvalue weighted by Crippen LogP contribution is -2.12. The molecule has 4 rings (SSSR count). The Morgan fingerprint density at radius 3 is 2.22 bits per heavy atom. The van der Waals surface area contributed by atoms with Crippen LogP contribution in [-0.4, -0.2) is 35.4 Å². The van der Waals surface area contributed by atoms with E-state index in [1.807, 2.05) is 6.07 Å². The lowest BCUT2D eigenvalue weighted by molar-refractivity contribution is 0.100. The average molecular weight is 433 g/mol. The molecule has 5 N–H and O–H groups in total. The van der Waals surface area contributed by atoms with Crippen LogP contribution in [0.1, 0.15) is 21.5 Å². The average Bonchev–Trinajstić information content (AvgIpc) is 2.78. The highest BCUT2D eigenvalue weighted by atomic mass is 16.5. The number of aryl methyl sites for hydroxylation is 2. The molecule has 0 aliphatic heterocycles. The predicted octanol–water partition coefficient (Wildman–Crippen LogP) is 4.01. The van der Waals surface area contributed by atoms with Gasteiger partial charge < -0.3 is 30.5 Å². The van der Waals surface area contributed by atoms with Crippen LogP contribution in [0.3, 0.4) is 0 Å². The van der Waals surface area contributed by atoms with Crippen LogP contribution in [0.15, 0.2) is 48.5 Å². The van der Waals surface area contributed by atoms with Crippen LogP contribution in [0.5, 0.6) is 28.7 Å². The summed E-state index contributed by atoms with van der Waals surface area (Å²) in [4.78, 5) is 12.2. The summed E-state index contributed by atoms with van der Waals surface area (Å²) in [6.07, 6.45) is 1.01. The molecule has 0 aliphatic carbocycles. The number of primary amides is 1. The summed E-state index contributed by atoms with van der Waals surface area (Å²) in [6, 6.07) is 13.0. The van der Waals surface area contributed by atoms with Crippen molar-refractivity contribution >= 4 is 27.5 Å². The van der Waals surface area contributed by atoms with Crippen molar-refractivity contribution in [1.82, 2.24) is 0 Å². The standard InChI is InChI=1S/C25H23NO6/c1-31-23-12-19-17-10-14(27)5-7-15(17)20(25(26)30)11-18(19)16(24(23)32-2)6-3-13-4-8-21(28)22(29)9-13/h4-5,7-12,27-29H,3,6H2,1-2H3,(H2,26,30). The van der Waals surface area contributed by atoms with Gasteiger partial charge in [-0.05, 0) is 82.4 Å². The van der Waals surface area contributed by atoms with Crippen LogP contribution in [0.2, 0.25) is 0 Å². The van der Waals surface area contributed by atoms with Crippen LogP contribution >= 0.6 is 0 Å². The number of benzene rings is 4. The maximum Gasteiger partial charge on any atom is 0.249 e. The summed E-state index contributed by atoms with van der Waals surface area (Å²) < 4.78 is 11.2. The molecule has 164 valence electrons. The molecule has 1 amide bonds. The molecule has 0 radical (unpaired) electrons. The van der Waals surface area contributed by atoms with Gasteiger partial charge in [-0.15, -0.1) is 0 Å². The van der Waals surface area contributed by atoms with Gasteiger partial charge in [-0.1, -0.05) is 6.07 Å². The van der Waals surface area contributed by atoms with E-state index >= 15 is 0 Å². The second kappa shape index (κ2) is 8.19. The third-order valence-corrected chi connectivity index (χ3v) is 5.65. The number of phenols is 3. The van der Waals surface area contributed by atoms with Crippen LogP contribution in [0.4, 0.5) is 0 Å². The highest BCUT2D eigenvalue weighted by molar-refractivity contribution is 6.18. The minimum atomic E-state index is -0.577.